The van der Waals surface area contributed by atoms with Gasteiger partial charge >= 0.3 is 6.18 Å². The van der Waals surface area contributed by atoms with Gasteiger partial charge in [-0.05, 0) is 43.8 Å². The first-order valence-electron chi connectivity index (χ1n) is 11.9. The summed E-state index contributed by atoms with van der Waals surface area (Å²) in [5.74, 6) is -1.70. The van der Waals surface area contributed by atoms with Crippen molar-refractivity contribution in [3.8, 4) is 11.4 Å². The lowest BCUT2D eigenvalue weighted by Gasteiger charge is -2.40. The van der Waals surface area contributed by atoms with E-state index in [1.54, 1.807) is 24.1 Å². The average Bonchev–Trinajstić information content (AvgIpc) is 3.33. The maximum atomic E-state index is 14.1. The number of carbonyl (C=O) groups is 2. The normalized spacial score (nSPS) is 18.7. The van der Waals surface area contributed by atoms with Gasteiger partial charge in [-0.25, -0.2) is 9.97 Å². The lowest BCUT2D eigenvalue weighted by atomic mass is 9.87. The fourth-order valence-electron chi connectivity index (χ4n) is 4.50. The summed E-state index contributed by atoms with van der Waals surface area (Å²) >= 11 is 6.06. The summed E-state index contributed by atoms with van der Waals surface area (Å²) in [5.41, 5.74) is 1.08. The van der Waals surface area contributed by atoms with Crippen LogP contribution in [0.25, 0.3) is 11.4 Å². The number of aromatic amines is 1. The number of hydrogen-bond acceptors (Lipinski definition) is 7. The van der Waals surface area contributed by atoms with Gasteiger partial charge in [-0.3, -0.25) is 14.7 Å². The van der Waals surface area contributed by atoms with E-state index in [2.05, 4.69) is 42.7 Å². The van der Waals surface area contributed by atoms with Gasteiger partial charge in [-0.15, -0.1) is 0 Å². The molecule has 0 spiro atoms. The molecule has 0 aromatic carbocycles. The highest BCUT2D eigenvalue weighted by atomic mass is 35.5. The molecule has 1 saturated heterocycles. The van der Waals surface area contributed by atoms with Crippen LogP contribution in [0.5, 0.6) is 0 Å². The van der Waals surface area contributed by atoms with Gasteiger partial charge in [-0.2, -0.15) is 18.3 Å². The van der Waals surface area contributed by atoms with Crippen LogP contribution in [0.2, 0.25) is 5.02 Å². The number of hydrogen-bond donors (Lipinski definition) is 4. The summed E-state index contributed by atoms with van der Waals surface area (Å²) in [4.78, 5) is 34.5. The summed E-state index contributed by atoms with van der Waals surface area (Å²) in [5, 5.41) is 14.7. The highest BCUT2D eigenvalue weighted by Crippen LogP contribution is 2.33. The van der Waals surface area contributed by atoms with E-state index in [4.69, 9.17) is 11.6 Å². The Labute approximate surface area is 227 Å². The molecule has 3 aromatic heterocycles. The minimum absolute atomic E-state index is 0.0822. The number of halogens is 4. The number of alkyl halides is 3. The van der Waals surface area contributed by atoms with E-state index in [0.29, 0.717) is 23.0 Å². The van der Waals surface area contributed by atoms with Crippen LogP contribution in [0.15, 0.2) is 55.4 Å². The second kappa shape index (κ2) is 11.8. The Morgan fingerprint density at radius 1 is 1.23 bits per heavy atom. The van der Waals surface area contributed by atoms with Crippen molar-refractivity contribution < 1.29 is 22.8 Å². The zero-order chi connectivity index (χ0) is 28.2. The molecule has 14 heteroatoms. The summed E-state index contributed by atoms with van der Waals surface area (Å²) in [6, 6.07) is 5.25. The first-order valence-corrected chi connectivity index (χ1v) is 12.3. The van der Waals surface area contributed by atoms with Gasteiger partial charge in [0.2, 0.25) is 5.91 Å². The molecule has 206 valence electrons. The van der Waals surface area contributed by atoms with E-state index >= 15 is 0 Å². The van der Waals surface area contributed by atoms with Gasteiger partial charge in [0.1, 0.15) is 23.2 Å². The quantitative estimate of drug-likeness (QED) is 0.308. The number of piperidine rings is 1. The molecule has 1 fully saturated rings. The number of nitrogens with one attached hydrogen (secondary N) is 4. The second-order valence-electron chi connectivity index (χ2n) is 9.18. The number of likely N-dealkylation sites (tertiary alicyclic amines) is 1. The fraction of sp³-hybridized carbons (Fsp3) is 0.320. The first-order chi connectivity index (χ1) is 18.5. The molecule has 1 aliphatic heterocycles. The molecule has 0 saturated carbocycles. The van der Waals surface area contributed by atoms with Crippen LogP contribution in [0.3, 0.4) is 0 Å². The predicted octanol–water partition coefficient (Wildman–Crippen LogP) is 3.74. The van der Waals surface area contributed by atoms with Crippen molar-refractivity contribution in [1.29, 1.82) is 0 Å². The molecule has 4 heterocycles. The zero-order valence-electron chi connectivity index (χ0n) is 20.8. The molecular weight excluding hydrogens is 537 g/mol. The molecule has 2 amide bonds. The highest BCUT2D eigenvalue weighted by molar-refractivity contribution is 6.32. The van der Waals surface area contributed by atoms with Crippen LogP contribution in [0, 0.1) is 5.92 Å². The Balaban J connectivity index is 1.43. The molecular formula is C25H26ClF3N8O2. The summed E-state index contributed by atoms with van der Waals surface area (Å²) < 4.78 is 42.3. The lowest BCUT2D eigenvalue weighted by molar-refractivity contribution is -0.157. The summed E-state index contributed by atoms with van der Waals surface area (Å²) in [6.45, 7) is 4.01. The lowest BCUT2D eigenvalue weighted by Crippen LogP contribution is -2.55. The Morgan fingerprint density at radius 2 is 2.03 bits per heavy atom. The van der Waals surface area contributed by atoms with Crippen molar-refractivity contribution in [2.45, 2.75) is 24.7 Å². The first kappa shape index (κ1) is 28.0. The number of anilines is 2. The van der Waals surface area contributed by atoms with Crippen LogP contribution >= 0.6 is 11.6 Å². The third-order valence-corrected chi connectivity index (χ3v) is 6.47. The van der Waals surface area contributed by atoms with Crippen molar-refractivity contribution in [2.24, 2.45) is 5.92 Å². The maximum absolute atomic E-state index is 14.1. The van der Waals surface area contributed by atoms with E-state index in [9.17, 15) is 22.8 Å². The Hall–Kier alpha value is -3.97. The van der Waals surface area contributed by atoms with Crippen LogP contribution in [0.1, 0.15) is 16.9 Å². The topological polar surface area (TPSA) is 128 Å². The largest absolute Gasteiger partial charge is 0.408 e. The maximum Gasteiger partial charge on any atom is 0.408 e. The smallest absolute Gasteiger partial charge is 0.372 e. The van der Waals surface area contributed by atoms with Gasteiger partial charge in [0.15, 0.2) is 0 Å². The third kappa shape index (κ3) is 7.12. The van der Waals surface area contributed by atoms with Gasteiger partial charge in [-0.1, -0.05) is 24.2 Å². The molecule has 3 unspecified atom stereocenters. The van der Waals surface area contributed by atoms with Gasteiger partial charge in [0.05, 0.1) is 28.8 Å². The van der Waals surface area contributed by atoms with Gasteiger partial charge < -0.3 is 20.9 Å². The van der Waals surface area contributed by atoms with Crippen LogP contribution < -0.4 is 16.0 Å². The van der Waals surface area contributed by atoms with E-state index in [1.165, 1.54) is 30.6 Å². The minimum atomic E-state index is -4.56. The molecule has 4 rings (SSSR count). The van der Waals surface area contributed by atoms with Crippen molar-refractivity contribution in [3.63, 3.8) is 0 Å². The monoisotopic (exact) mass is 562 g/mol. The molecule has 4 N–H and O–H groups in total. The van der Waals surface area contributed by atoms with E-state index in [-0.39, 0.29) is 30.2 Å². The van der Waals surface area contributed by atoms with Crippen molar-refractivity contribution in [2.75, 3.05) is 30.8 Å². The number of nitrogens with zero attached hydrogens (tertiary/aromatic N) is 4. The number of rotatable bonds is 8. The molecule has 3 atom stereocenters. The molecule has 3 aromatic rings. The number of likely N-dealkylation sites (N-methyl/N-ethyl adjacent to an activating group) is 1. The van der Waals surface area contributed by atoms with Gasteiger partial charge in [0.25, 0.3) is 5.91 Å². The molecule has 0 aliphatic carbocycles. The Bertz CT molecular complexity index is 1330. The molecule has 0 bridgehead atoms. The van der Waals surface area contributed by atoms with Crippen molar-refractivity contribution in [1.82, 2.24) is 30.4 Å². The number of pyridine rings is 2. The second-order valence-corrected chi connectivity index (χ2v) is 9.58. The minimum Gasteiger partial charge on any atom is -0.372 e. The predicted molar refractivity (Wildman–Crippen MR) is 140 cm³/mol. The van der Waals surface area contributed by atoms with Crippen LogP contribution in [0.4, 0.5) is 24.7 Å². The van der Waals surface area contributed by atoms with Crippen LogP contribution in [-0.2, 0) is 4.79 Å². The standard InChI is InChI=1S/C25H26ClF3N8O2/c1-3-21(38)32-16-9-14(12-37(2)13-16)23(25(27,28)29)33-15-7-8-20(30-10-15)35-24(39)19-6-4-5-18(34-19)22-17(26)11-31-36-22/h3-8,10-11,14,16,23,33H,1,9,12-13H2,2H3,(H,31,36)(H,32,38)(H,30,35,39). The Morgan fingerprint density at radius 3 is 2.67 bits per heavy atom. The third-order valence-electron chi connectivity index (χ3n) is 6.18. The van der Waals surface area contributed by atoms with Crippen LogP contribution in [-0.4, -0.2) is 75.3 Å². The average molecular weight is 563 g/mol. The number of H-pyrrole nitrogens is 1. The van der Waals surface area contributed by atoms with E-state index in [0.717, 1.165) is 6.08 Å². The SMILES string of the molecule is C=CC(=O)NC1CC(C(Nc2ccc(NC(=O)c3cccc(-c4[nH]ncc4Cl)n3)nc2)C(F)(F)F)CN(C)C1. The van der Waals surface area contributed by atoms with Crippen molar-refractivity contribution in [3.05, 3.63) is 66.1 Å². The van der Waals surface area contributed by atoms with E-state index in [1.807, 2.05) is 0 Å². The molecule has 0 radical (unpaired) electrons. The molecule has 39 heavy (non-hydrogen) atoms. The number of amides is 2. The summed E-state index contributed by atoms with van der Waals surface area (Å²) in [6.07, 6.45) is -0.696. The highest BCUT2D eigenvalue weighted by Gasteiger charge is 2.47. The van der Waals surface area contributed by atoms with Crippen molar-refractivity contribution >= 4 is 34.9 Å². The number of carbonyl (C=O) groups excluding carboxylic acids is 2. The van der Waals surface area contributed by atoms with Gasteiger partial charge in [0, 0.05) is 25.0 Å². The van der Waals surface area contributed by atoms with E-state index < -0.39 is 36.0 Å². The zero-order valence-corrected chi connectivity index (χ0v) is 21.6. The Kier molecular flexibility index (Phi) is 8.51. The molecule has 1 aliphatic rings. The summed E-state index contributed by atoms with van der Waals surface area (Å²) in [7, 11) is 1.71. The number of aromatic nitrogens is 4. The molecule has 10 nitrogen and oxygen atoms in total. The fourth-order valence-corrected chi connectivity index (χ4v) is 4.69.